The molecule has 1 aromatic heterocycles. The van der Waals surface area contributed by atoms with Crippen LogP contribution in [0.2, 0.25) is 0 Å². The first-order valence-electron chi connectivity index (χ1n) is 7.08. The lowest BCUT2D eigenvalue weighted by Gasteiger charge is -2.06. The molecule has 0 spiro atoms. The molecule has 1 amide bonds. The monoisotopic (exact) mass is 352 g/mol. The van der Waals surface area contributed by atoms with Gasteiger partial charge in [-0.05, 0) is 30.7 Å². The molecule has 1 aromatic carbocycles. The summed E-state index contributed by atoms with van der Waals surface area (Å²) in [4.78, 5) is 16.5. The van der Waals surface area contributed by atoms with E-state index in [4.69, 9.17) is 4.74 Å². The number of methoxy groups -OCH3 is 1. The van der Waals surface area contributed by atoms with Crippen molar-refractivity contribution in [1.29, 1.82) is 0 Å². The van der Waals surface area contributed by atoms with E-state index in [1.54, 1.807) is 7.11 Å². The molecule has 6 nitrogen and oxygen atoms in total. The second-order valence-electron chi connectivity index (χ2n) is 5.36. The van der Waals surface area contributed by atoms with Gasteiger partial charge in [0.25, 0.3) is 0 Å². The van der Waals surface area contributed by atoms with Crippen LogP contribution in [-0.2, 0) is 14.6 Å². The van der Waals surface area contributed by atoms with Crippen molar-refractivity contribution in [3.05, 3.63) is 29.6 Å². The Bertz CT molecular complexity index is 812. The molecule has 0 unspecified atom stereocenters. The molecule has 0 radical (unpaired) electrons. The molecule has 8 heteroatoms. The maximum atomic E-state index is 12.1. The third-order valence-corrected chi connectivity index (χ3v) is 6.25. The molecule has 0 bridgehead atoms. The fourth-order valence-corrected chi connectivity index (χ4v) is 4.90. The maximum Gasteiger partial charge on any atom is 0.230 e. The van der Waals surface area contributed by atoms with Crippen molar-refractivity contribution in [1.82, 2.24) is 4.98 Å². The normalized spacial score (nSPS) is 19.4. The van der Waals surface area contributed by atoms with Crippen LogP contribution < -0.4 is 10.1 Å². The molecule has 1 atom stereocenters. The summed E-state index contributed by atoms with van der Waals surface area (Å²) in [7, 11) is -1.46. The fraction of sp³-hybridized carbons (Fsp3) is 0.333. The van der Waals surface area contributed by atoms with E-state index < -0.39 is 15.8 Å². The highest BCUT2D eigenvalue weighted by atomic mass is 32.2. The molecule has 1 saturated heterocycles. The second-order valence-corrected chi connectivity index (χ2v) is 8.44. The summed E-state index contributed by atoms with van der Waals surface area (Å²) >= 11 is 1.32. The van der Waals surface area contributed by atoms with Crippen molar-refractivity contribution in [2.75, 3.05) is 23.9 Å². The van der Waals surface area contributed by atoms with E-state index in [1.807, 2.05) is 29.6 Å². The zero-order chi connectivity index (χ0) is 16.4. The Kier molecular flexibility index (Phi) is 4.36. The molecule has 1 fully saturated rings. The second kappa shape index (κ2) is 6.29. The minimum absolute atomic E-state index is 0.0739. The van der Waals surface area contributed by atoms with Crippen LogP contribution in [0.15, 0.2) is 29.6 Å². The molecule has 122 valence electrons. The number of carbonyl (C=O) groups excluding carboxylic acids is 1. The molecular weight excluding hydrogens is 336 g/mol. The summed E-state index contributed by atoms with van der Waals surface area (Å²) in [5, 5.41) is 5.04. The standard InChI is InChI=1S/C15H16N2O4S2/c1-21-12-4-2-10(3-5-12)13-8-22-15(16-13)17-14(18)11-6-7-23(19,20)9-11/h2-5,8,11H,6-7,9H2,1H3,(H,16,17,18)/t11-/m0/s1. The topological polar surface area (TPSA) is 85.4 Å². The first kappa shape index (κ1) is 15.9. The molecule has 2 heterocycles. The van der Waals surface area contributed by atoms with E-state index in [9.17, 15) is 13.2 Å². The third-order valence-electron chi connectivity index (χ3n) is 3.72. The van der Waals surface area contributed by atoms with Crippen molar-refractivity contribution < 1.29 is 17.9 Å². The van der Waals surface area contributed by atoms with Gasteiger partial charge in [0.1, 0.15) is 5.75 Å². The lowest BCUT2D eigenvalue weighted by Crippen LogP contribution is -2.23. The zero-order valence-electron chi connectivity index (χ0n) is 12.5. The van der Waals surface area contributed by atoms with Crippen LogP contribution in [-0.4, -0.2) is 37.9 Å². The van der Waals surface area contributed by atoms with Crippen LogP contribution in [0.25, 0.3) is 11.3 Å². The Hall–Kier alpha value is -1.93. The molecule has 1 N–H and O–H groups in total. The van der Waals surface area contributed by atoms with Crippen molar-refractivity contribution in [2.45, 2.75) is 6.42 Å². The zero-order valence-corrected chi connectivity index (χ0v) is 14.1. The minimum atomic E-state index is -3.07. The number of thiazole rings is 1. The SMILES string of the molecule is COc1ccc(-c2csc(NC(=O)[C@H]3CCS(=O)(=O)C3)n2)cc1. The Morgan fingerprint density at radius 2 is 2.09 bits per heavy atom. The van der Waals surface area contributed by atoms with Crippen LogP contribution in [0.3, 0.4) is 0 Å². The van der Waals surface area contributed by atoms with Gasteiger partial charge in [-0.1, -0.05) is 0 Å². The number of aromatic nitrogens is 1. The number of sulfone groups is 1. The van der Waals surface area contributed by atoms with E-state index >= 15 is 0 Å². The summed E-state index contributed by atoms with van der Waals surface area (Å²) in [5.74, 6) is 0.0188. The quantitative estimate of drug-likeness (QED) is 0.912. The lowest BCUT2D eigenvalue weighted by molar-refractivity contribution is -0.119. The molecule has 3 rings (SSSR count). The fourth-order valence-electron chi connectivity index (χ4n) is 2.43. The van der Waals surface area contributed by atoms with E-state index in [0.717, 1.165) is 17.0 Å². The minimum Gasteiger partial charge on any atom is -0.497 e. The Balaban J connectivity index is 1.68. The maximum absolute atomic E-state index is 12.1. The van der Waals surface area contributed by atoms with E-state index in [-0.39, 0.29) is 17.4 Å². The number of anilines is 1. The number of carbonyl (C=O) groups is 1. The summed E-state index contributed by atoms with van der Waals surface area (Å²) in [5.41, 5.74) is 1.68. The van der Waals surface area contributed by atoms with Gasteiger partial charge in [0.15, 0.2) is 15.0 Å². The molecular formula is C15H16N2O4S2. The van der Waals surface area contributed by atoms with Crippen LogP contribution in [0.5, 0.6) is 5.75 Å². The predicted octanol–water partition coefficient (Wildman–Crippen LogP) is 2.19. The van der Waals surface area contributed by atoms with Crippen LogP contribution >= 0.6 is 11.3 Å². The van der Waals surface area contributed by atoms with E-state index in [2.05, 4.69) is 10.3 Å². The first-order valence-corrected chi connectivity index (χ1v) is 9.78. The molecule has 23 heavy (non-hydrogen) atoms. The van der Waals surface area contributed by atoms with Gasteiger partial charge in [-0.2, -0.15) is 0 Å². The van der Waals surface area contributed by atoms with Gasteiger partial charge in [-0.15, -0.1) is 11.3 Å². The van der Waals surface area contributed by atoms with Crippen molar-refractivity contribution in [3.63, 3.8) is 0 Å². The number of hydrogen-bond donors (Lipinski definition) is 1. The van der Waals surface area contributed by atoms with Gasteiger partial charge >= 0.3 is 0 Å². The first-order chi connectivity index (χ1) is 11.0. The third kappa shape index (κ3) is 3.70. The van der Waals surface area contributed by atoms with E-state index in [0.29, 0.717) is 11.6 Å². The summed E-state index contributed by atoms with van der Waals surface area (Å²) in [6.45, 7) is 0. The molecule has 2 aromatic rings. The van der Waals surface area contributed by atoms with Crippen LogP contribution in [0.4, 0.5) is 5.13 Å². The predicted molar refractivity (Wildman–Crippen MR) is 89.5 cm³/mol. The highest BCUT2D eigenvalue weighted by Crippen LogP contribution is 2.27. The molecule has 0 aliphatic carbocycles. The van der Waals surface area contributed by atoms with E-state index in [1.165, 1.54) is 11.3 Å². The molecule has 0 saturated carbocycles. The molecule has 1 aliphatic heterocycles. The Morgan fingerprint density at radius 1 is 1.35 bits per heavy atom. The average Bonchev–Trinajstić information content (AvgIpc) is 3.14. The number of amides is 1. The number of rotatable bonds is 4. The Morgan fingerprint density at radius 3 is 2.70 bits per heavy atom. The van der Waals surface area contributed by atoms with Crippen molar-refractivity contribution >= 4 is 32.2 Å². The number of nitrogens with zero attached hydrogens (tertiary/aromatic N) is 1. The van der Waals surface area contributed by atoms with Gasteiger partial charge in [-0.25, -0.2) is 13.4 Å². The Labute approximate surface area is 138 Å². The van der Waals surface area contributed by atoms with Crippen LogP contribution in [0.1, 0.15) is 6.42 Å². The van der Waals surface area contributed by atoms with Crippen LogP contribution in [0, 0.1) is 5.92 Å². The van der Waals surface area contributed by atoms with Gasteiger partial charge in [0.2, 0.25) is 5.91 Å². The largest absolute Gasteiger partial charge is 0.497 e. The highest BCUT2D eigenvalue weighted by Gasteiger charge is 2.33. The smallest absolute Gasteiger partial charge is 0.230 e. The van der Waals surface area contributed by atoms with Gasteiger partial charge in [0.05, 0.1) is 30.2 Å². The average molecular weight is 352 g/mol. The van der Waals surface area contributed by atoms with Crippen molar-refractivity contribution in [2.24, 2.45) is 5.92 Å². The van der Waals surface area contributed by atoms with Gasteiger partial charge in [0, 0.05) is 10.9 Å². The number of ether oxygens (including phenoxy) is 1. The van der Waals surface area contributed by atoms with Crippen molar-refractivity contribution in [3.8, 4) is 17.0 Å². The lowest BCUT2D eigenvalue weighted by atomic mass is 10.1. The van der Waals surface area contributed by atoms with Gasteiger partial charge in [-0.3, -0.25) is 4.79 Å². The number of nitrogens with one attached hydrogen (secondary N) is 1. The summed E-state index contributed by atoms with van der Waals surface area (Å²) in [6, 6.07) is 7.47. The molecule has 1 aliphatic rings. The number of benzene rings is 1. The number of hydrogen-bond acceptors (Lipinski definition) is 6. The summed E-state index contributed by atoms with van der Waals surface area (Å²) < 4.78 is 28.0. The summed E-state index contributed by atoms with van der Waals surface area (Å²) in [6.07, 6.45) is 0.380. The van der Waals surface area contributed by atoms with Gasteiger partial charge < -0.3 is 10.1 Å². The highest BCUT2D eigenvalue weighted by molar-refractivity contribution is 7.91.